The molecule has 0 N–H and O–H groups in total. The predicted octanol–water partition coefficient (Wildman–Crippen LogP) is 3.77. The van der Waals surface area contributed by atoms with E-state index in [-0.39, 0.29) is 109 Å². The van der Waals surface area contributed by atoms with Gasteiger partial charge in [-0.25, -0.2) is 24.0 Å². The molecule has 0 aliphatic carbocycles. The first-order valence-electron chi connectivity index (χ1n) is 16.2. The number of esters is 5. The van der Waals surface area contributed by atoms with Gasteiger partial charge >= 0.3 is 29.8 Å². The van der Waals surface area contributed by atoms with E-state index in [0.717, 1.165) is 6.08 Å². The first kappa shape index (κ1) is 45.1. The van der Waals surface area contributed by atoms with Gasteiger partial charge in [-0.05, 0) is 30.3 Å². The Morgan fingerprint density at radius 3 is 1.40 bits per heavy atom. The molecule has 2 aromatic rings. The highest BCUT2D eigenvalue weighted by molar-refractivity contribution is 5.93. The Hall–Kier alpha value is -6.07. The van der Waals surface area contributed by atoms with Crippen LogP contribution in [0.4, 0.5) is 0 Å². The second kappa shape index (κ2) is 24.3. The van der Waals surface area contributed by atoms with Gasteiger partial charge in [0, 0.05) is 52.2 Å². The summed E-state index contributed by atoms with van der Waals surface area (Å²) in [7, 11) is 5.59. The molecule has 0 fully saturated rings. The van der Waals surface area contributed by atoms with Crippen LogP contribution >= 0.6 is 0 Å². The van der Waals surface area contributed by atoms with Crippen LogP contribution in [0.2, 0.25) is 0 Å². The molecule has 0 spiro atoms. The second-order valence-corrected chi connectivity index (χ2v) is 11.0. The summed E-state index contributed by atoms with van der Waals surface area (Å²) in [5.41, 5.74) is 0.511. The maximum Gasteiger partial charge on any atom is 0.341 e. The van der Waals surface area contributed by atoms with E-state index >= 15 is 0 Å². The van der Waals surface area contributed by atoms with Crippen molar-refractivity contribution in [3.8, 4) is 28.7 Å². The molecule has 2 aromatic carbocycles. The molecule has 0 saturated heterocycles. The number of carbonyl (C=O) groups is 5. The number of hydrogen-bond donors (Lipinski definition) is 0. The largest absolute Gasteiger partial charge is 0.490 e. The molecule has 0 bridgehead atoms. The molecule has 296 valence electrons. The molecule has 0 radical (unpaired) electrons. The maximum atomic E-state index is 13.0. The summed E-state index contributed by atoms with van der Waals surface area (Å²) >= 11 is 0. The van der Waals surface area contributed by atoms with Gasteiger partial charge in [0.25, 0.3) is 0 Å². The molecule has 0 saturated carbocycles. The first-order chi connectivity index (χ1) is 26.3. The lowest BCUT2D eigenvalue weighted by molar-refractivity contribution is -0.141. The van der Waals surface area contributed by atoms with Gasteiger partial charge in [0.05, 0.1) is 48.7 Å². The van der Waals surface area contributed by atoms with Crippen LogP contribution in [0.25, 0.3) is 6.08 Å². The summed E-state index contributed by atoms with van der Waals surface area (Å²) in [5.74, 6) is -3.84. The molecular weight excluding hydrogens is 724 g/mol. The SMILES string of the molecule is C=C(COC)C(=O)OCCOc1ccc(/C=C/C(=O)Oc2ccc(OCCOC(=O)C(=C)COC)cc2OC(=O)C(=C)COC)c(OC(=O)C(=C)COC)c1. The monoisotopic (exact) mass is 768 g/mol. The predicted molar refractivity (Wildman–Crippen MR) is 196 cm³/mol. The van der Waals surface area contributed by atoms with Crippen molar-refractivity contribution in [2.75, 3.05) is 81.3 Å². The van der Waals surface area contributed by atoms with Crippen LogP contribution in [-0.2, 0) is 52.4 Å². The Kier molecular flexibility index (Phi) is 19.9. The number of carbonyl (C=O) groups excluding carboxylic acids is 5. The van der Waals surface area contributed by atoms with E-state index in [9.17, 15) is 24.0 Å². The molecule has 2 rings (SSSR count). The Labute approximate surface area is 318 Å². The van der Waals surface area contributed by atoms with E-state index in [2.05, 4.69) is 26.3 Å². The van der Waals surface area contributed by atoms with E-state index in [1.54, 1.807) is 0 Å². The third-order valence-electron chi connectivity index (χ3n) is 6.51. The minimum absolute atomic E-state index is 0.00809. The molecule has 0 unspecified atom stereocenters. The number of methoxy groups -OCH3 is 4. The summed E-state index contributed by atoms with van der Waals surface area (Å²) in [6.07, 6.45) is 2.35. The first-order valence-corrected chi connectivity index (χ1v) is 16.2. The van der Waals surface area contributed by atoms with E-state index in [0.29, 0.717) is 0 Å². The quantitative estimate of drug-likeness (QED) is 0.0614. The lowest BCUT2D eigenvalue weighted by Gasteiger charge is -2.14. The Bertz CT molecular complexity index is 1760. The number of benzene rings is 2. The van der Waals surface area contributed by atoms with Crippen LogP contribution < -0.4 is 23.7 Å². The van der Waals surface area contributed by atoms with Crippen LogP contribution in [0, 0.1) is 0 Å². The maximum absolute atomic E-state index is 13.0. The lowest BCUT2D eigenvalue weighted by atomic mass is 10.1. The molecule has 16 nitrogen and oxygen atoms in total. The molecule has 0 amide bonds. The van der Waals surface area contributed by atoms with Gasteiger partial charge < -0.3 is 52.1 Å². The van der Waals surface area contributed by atoms with Crippen LogP contribution in [0.1, 0.15) is 5.56 Å². The average Bonchev–Trinajstić information content (AvgIpc) is 3.15. The summed E-state index contributed by atoms with van der Waals surface area (Å²) in [6, 6.07) is 8.45. The van der Waals surface area contributed by atoms with Crippen molar-refractivity contribution in [1.29, 1.82) is 0 Å². The molecule has 0 aliphatic rings. The fourth-order valence-corrected chi connectivity index (χ4v) is 3.94. The molecule has 16 heteroatoms. The van der Waals surface area contributed by atoms with E-state index < -0.39 is 29.8 Å². The van der Waals surface area contributed by atoms with Crippen LogP contribution in [0.5, 0.6) is 28.7 Å². The zero-order valence-electron chi connectivity index (χ0n) is 31.1. The molecule has 55 heavy (non-hydrogen) atoms. The summed E-state index contributed by atoms with van der Waals surface area (Å²) in [6.45, 7) is 13.8. The van der Waals surface area contributed by atoms with E-state index in [1.807, 2.05) is 0 Å². The van der Waals surface area contributed by atoms with Crippen molar-refractivity contribution in [1.82, 2.24) is 0 Å². The summed E-state index contributed by atoms with van der Waals surface area (Å²) in [4.78, 5) is 62.2. The van der Waals surface area contributed by atoms with Crippen LogP contribution in [-0.4, -0.2) is 111 Å². The Balaban J connectivity index is 2.25. The van der Waals surface area contributed by atoms with Crippen LogP contribution in [0.3, 0.4) is 0 Å². The van der Waals surface area contributed by atoms with Gasteiger partial charge in [-0.15, -0.1) is 0 Å². The summed E-state index contributed by atoms with van der Waals surface area (Å²) < 4.78 is 57.4. The standard InChI is InChI=1S/C39H44O16/c1-25(21-45-5)36(41)51-17-15-49-30-11-9-29(33(19-30)54-38(43)27(3)23-47-7)10-14-35(40)53-32-13-12-31(20-34(32)55-39(44)28(4)24-48-8)50-16-18-52-37(42)26(2)22-46-6/h9-14,19-20H,1-4,15-18,21-24H2,5-8H3/b14-10+. The average molecular weight is 769 g/mol. The number of hydrogen-bond acceptors (Lipinski definition) is 16. The number of ether oxygens (including phenoxy) is 11. The van der Waals surface area contributed by atoms with Crippen molar-refractivity contribution >= 4 is 35.9 Å². The topological polar surface area (TPSA) is 187 Å². The second-order valence-electron chi connectivity index (χ2n) is 11.0. The minimum Gasteiger partial charge on any atom is -0.490 e. The van der Waals surface area contributed by atoms with Crippen molar-refractivity contribution < 1.29 is 76.1 Å². The summed E-state index contributed by atoms with van der Waals surface area (Å²) in [5, 5.41) is 0. The van der Waals surface area contributed by atoms with Crippen LogP contribution in [0.15, 0.2) is 91.1 Å². The zero-order valence-corrected chi connectivity index (χ0v) is 31.1. The van der Waals surface area contributed by atoms with Crippen molar-refractivity contribution in [2.24, 2.45) is 0 Å². The molecule has 0 heterocycles. The fraction of sp³-hybridized carbons (Fsp3) is 0.308. The third kappa shape index (κ3) is 16.2. The van der Waals surface area contributed by atoms with Crippen molar-refractivity contribution in [3.05, 3.63) is 96.6 Å². The molecule has 0 aromatic heterocycles. The van der Waals surface area contributed by atoms with Gasteiger partial charge in [-0.1, -0.05) is 26.3 Å². The third-order valence-corrected chi connectivity index (χ3v) is 6.51. The van der Waals surface area contributed by atoms with Gasteiger partial charge in [0.1, 0.15) is 43.7 Å². The Morgan fingerprint density at radius 2 is 0.927 bits per heavy atom. The fourth-order valence-electron chi connectivity index (χ4n) is 3.94. The Morgan fingerprint density at radius 1 is 0.509 bits per heavy atom. The molecule has 0 aliphatic heterocycles. The normalized spacial score (nSPS) is 10.5. The number of rotatable bonds is 25. The van der Waals surface area contributed by atoms with Crippen molar-refractivity contribution in [3.63, 3.8) is 0 Å². The van der Waals surface area contributed by atoms with Gasteiger partial charge in [0.15, 0.2) is 11.5 Å². The van der Waals surface area contributed by atoms with Gasteiger partial charge in [-0.3, -0.25) is 0 Å². The lowest BCUT2D eigenvalue weighted by Crippen LogP contribution is -2.16. The highest BCUT2D eigenvalue weighted by Gasteiger charge is 2.18. The molecular formula is C39H44O16. The van der Waals surface area contributed by atoms with E-state index in [1.165, 1.54) is 70.9 Å². The smallest absolute Gasteiger partial charge is 0.341 e. The highest BCUT2D eigenvalue weighted by Crippen LogP contribution is 2.33. The van der Waals surface area contributed by atoms with E-state index in [4.69, 9.17) is 52.1 Å². The van der Waals surface area contributed by atoms with Gasteiger partial charge in [0.2, 0.25) is 0 Å². The molecule has 0 atom stereocenters. The van der Waals surface area contributed by atoms with Gasteiger partial charge in [-0.2, -0.15) is 0 Å². The van der Waals surface area contributed by atoms with Crippen molar-refractivity contribution in [2.45, 2.75) is 0 Å². The highest BCUT2D eigenvalue weighted by atomic mass is 16.6. The minimum atomic E-state index is -0.914. The zero-order chi connectivity index (χ0) is 40.8.